The van der Waals surface area contributed by atoms with Gasteiger partial charge in [-0.05, 0) is 30.7 Å². The molecule has 2 aromatic carbocycles. The molecule has 1 aliphatic rings. The van der Waals surface area contributed by atoms with E-state index in [1.165, 1.54) is 6.07 Å². The summed E-state index contributed by atoms with van der Waals surface area (Å²) >= 11 is 0. The van der Waals surface area contributed by atoms with Gasteiger partial charge in [0, 0.05) is 25.6 Å². The summed E-state index contributed by atoms with van der Waals surface area (Å²) in [6.45, 7) is 1.15. The lowest BCUT2D eigenvalue weighted by Gasteiger charge is -2.25. The average molecular weight is 496 g/mol. The fraction of sp³-hybridized carbons (Fsp3) is 0.318. The highest BCUT2D eigenvalue weighted by molar-refractivity contribution is 6.01. The van der Waals surface area contributed by atoms with Crippen molar-refractivity contribution in [2.75, 3.05) is 29.9 Å². The SMILES string of the molecule is CCCN(CC(=O)Nc1ccc(F)c(F)c1F)C(=O)C1CC(=O)N(c2ccc(F)c([N+](=O)[O-])c2)C1. The molecule has 3 rings (SSSR count). The molecule has 0 aliphatic carbocycles. The van der Waals surface area contributed by atoms with Gasteiger partial charge in [0.2, 0.25) is 23.5 Å². The van der Waals surface area contributed by atoms with Gasteiger partial charge >= 0.3 is 5.69 Å². The van der Waals surface area contributed by atoms with Crippen LogP contribution in [0, 0.1) is 39.3 Å². The maximum Gasteiger partial charge on any atom is 0.306 e. The van der Waals surface area contributed by atoms with Crippen molar-refractivity contribution in [2.45, 2.75) is 19.8 Å². The second kappa shape index (κ2) is 10.5. The molecule has 1 atom stereocenters. The van der Waals surface area contributed by atoms with Gasteiger partial charge in [0.15, 0.2) is 17.5 Å². The Kier molecular flexibility index (Phi) is 7.67. The zero-order valence-electron chi connectivity index (χ0n) is 18.4. The number of carbonyl (C=O) groups is 3. The molecule has 3 amide bonds. The summed E-state index contributed by atoms with van der Waals surface area (Å²) in [6, 6.07) is 4.41. The molecule has 0 radical (unpaired) electrons. The van der Waals surface area contributed by atoms with E-state index in [4.69, 9.17) is 0 Å². The molecule has 1 fully saturated rings. The Hall–Kier alpha value is -4.03. The molecule has 1 heterocycles. The van der Waals surface area contributed by atoms with E-state index in [0.717, 1.165) is 28.0 Å². The van der Waals surface area contributed by atoms with Gasteiger partial charge in [0.05, 0.1) is 28.8 Å². The third-order valence-corrected chi connectivity index (χ3v) is 5.36. The number of nitro benzene ring substituents is 1. The molecule has 35 heavy (non-hydrogen) atoms. The fourth-order valence-electron chi connectivity index (χ4n) is 3.71. The van der Waals surface area contributed by atoms with Crippen LogP contribution in [-0.4, -0.2) is 47.2 Å². The predicted molar refractivity (Wildman–Crippen MR) is 115 cm³/mol. The van der Waals surface area contributed by atoms with E-state index in [9.17, 15) is 42.1 Å². The lowest BCUT2D eigenvalue weighted by atomic mass is 10.1. The summed E-state index contributed by atoms with van der Waals surface area (Å²) in [5, 5.41) is 13.1. The second-order valence-electron chi connectivity index (χ2n) is 7.83. The van der Waals surface area contributed by atoms with Crippen LogP contribution in [0.25, 0.3) is 0 Å². The first-order valence-corrected chi connectivity index (χ1v) is 10.5. The lowest BCUT2D eigenvalue weighted by molar-refractivity contribution is -0.387. The van der Waals surface area contributed by atoms with Gasteiger partial charge in [0.1, 0.15) is 0 Å². The summed E-state index contributed by atoms with van der Waals surface area (Å²) in [7, 11) is 0. The van der Waals surface area contributed by atoms with E-state index in [2.05, 4.69) is 5.32 Å². The lowest BCUT2D eigenvalue weighted by Crippen LogP contribution is -2.42. The Bertz CT molecular complexity index is 1190. The first kappa shape index (κ1) is 25.6. The molecule has 0 spiro atoms. The summed E-state index contributed by atoms with van der Waals surface area (Å²) in [5.41, 5.74) is -1.37. The number of carbonyl (C=O) groups excluding carboxylic acids is 3. The number of benzene rings is 2. The Balaban J connectivity index is 1.72. The predicted octanol–water partition coefficient (Wildman–Crippen LogP) is 3.38. The summed E-state index contributed by atoms with van der Waals surface area (Å²) in [6.07, 6.45) is 0.191. The van der Waals surface area contributed by atoms with Crippen molar-refractivity contribution in [1.82, 2.24) is 4.90 Å². The highest BCUT2D eigenvalue weighted by Gasteiger charge is 2.38. The molecule has 1 saturated heterocycles. The molecular formula is C22H20F4N4O5. The topological polar surface area (TPSA) is 113 Å². The molecule has 9 nitrogen and oxygen atoms in total. The van der Waals surface area contributed by atoms with E-state index in [0.29, 0.717) is 12.5 Å². The minimum atomic E-state index is -1.75. The van der Waals surface area contributed by atoms with Gasteiger partial charge in [-0.15, -0.1) is 0 Å². The van der Waals surface area contributed by atoms with Crippen LogP contribution >= 0.6 is 0 Å². The monoisotopic (exact) mass is 496 g/mol. The smallest absolute Gasteiger partial charge is 0.306 e. The molecular weight excluding hydrogens is 476 g/mol. The average Bonchev–Trinajstić information content (AvgIpc) is 3.20. The first-order valence-electron chi connectivity index (χ1n) is 10.5. The van der Waals surface area contributed by atoms with E-state index in [1.54, 1.807) is 6.92 Å². The van der Waals surface area contributed by atoms with E-state index in [-0.39, 0.29) is 25.2 Å². The van der Waals surface area contributed by atoms with Gasteiger partial charge in [0.25, 0.3) is 0 Å². The van der Waals surface area contributed by atoms with Gasteiger partial charge in [-0.1, -0.05) is 6.92 Å². The Morgan fingerprint density at radius 3 is 2.49 bits per heavy atom. The standard InChI is InChI=1S/C22H20F4N4O5/c1-2-7-28(11-18(31)27-16-6-5-15(24)20(25)21(16)26)22(33)12-8-19(32)29(10-12)13-3-4-14(23)17(9-13)30(34)35/h3-6,9,12H,2,7-8,10-11H2,1H3,(H,27,31). The van der Waals surface area contributed by atoms with E-state index in [1.807, 2.05) is 0 Å². The second-order valence-corrected chi connectivity index (χ2v) is 7.83. The van der Waals surface area contributed by atoms with Crippen LogP contribution in [-0.2, 0) is 14.4 Å². The third kappa shape index (κ3) is 5.55. The first-order chi connectivity index (χ1) is 16.5. The van der Waals surface area contributed by atoms with Crippen molar-refractivity contribution in [3.8, 4) is 0 Å². The maximum atomic E-state index is 13.8. The number of nitrogens with zero attached hydrogens (tertiary/aromatic N) is 3. The number of rotatable bonds is 8. The van der Waals surface area contributed by atoms with Crippen LogP contribution in [0.1, 0.15) is 19.8 Å². The highest BCUT2D eigenvalue weighted by Crippen LogP contribution is 2.30. The molecule has 1 unspecified atom stereocenters. The van der Waals surface area contributed by atoms with Crippen molar-refractivity contribution < 1.29 is 36.9 Å². The zero-order valence-corrected chi connectivity index (χ0v) is 18.4. The third-order valence-electron chi connectivity index (χ3n) is 5.36. The summed E-state index contributed by atoms with van der Waals surface area (Å²) < 4.78 is 54.0. The number of nitrogens with one attached hydrogen (secondary N) is 1. The Labute approximate surface area is 196 Å². The van der Waals surface area contributed by atoms with Crippen molar-refractivity contribution in [3.05, 3.63) is 63.7 Å². The summed E-state index contributed by atoms with van der Waals surface area (Å²) in [5.74, 6) is -8.69. The number of hydrogen-bond donors (Lipinski definition) is 1. The van der Waals surface area contributed by atoms with Crippen molar-refractivity contribution >= 4 is 34.8 Å². The van der Waals surface area contributed by atoms with E-state index >= 15 is 0 Å². The van der Waals surface area contributed by atoms with Crippen LogP contribution in [0.15, 0.2) is 30.3 Å². The van der Waals surface area contributed by atoms with Crippen molar-refractivity contribution in [2.24, 2.45) is 5.92 Å². The molecule has 0 saturated carbocycles. The number of halogens is 4. The van der Waals surface area contributed by atoms with Crippen LogP contribution in [0.3, 0.4) is 0 Å². The van der Waals surface area contributed by atoms with Gasteiger partial charge < -0.3 is 15.1 Å². The normalized spacial score (nSPS) is 15.3. The van der Waals surface area contributed by atoms with Crippen LogP contribution in [0.5, 0.6) is 0 Å². The maximum absolute atomic E-state index is 13.8. The number of nitro groups is 1. The number of anilines is 2. The largest absolute Gasteiger partial charge is 0.333 e. The van der Waals surface area contributed by atoms with Crippen LogP contribution < -0.4 is 10.2 Å². The molecule has 0 bridgehead atoms. The van der Waals surface area contributed by atoms with Crippen molar-refractivity contribution in [3.63, 3.8) is 0 Å². The molecule has 1 aliphatic heterocycles. The molecule has 186 valence electrons. The minimum Gasteiger partial charge on any atom is -0.333 e. The zero-order chi connectivity index (χ0) is 25.9. The van der Waals surface area contributed by atoms with Crippen LogP contribution in [0.2, 0.25) is 0 Å². The molecule has 1 N–H and O–H groups in total. The van der Waals surface area contributed by atoms with E-state index < -0.39 is 69.8 Å². The highest BCUT2D eigenvalue weighted by atomic mass is 19.2. The van der Waals surface area contributed by atoms with Crippen molar-refractivity contribution in [1.29, 1.82) is 0 Å². The quantitative estimate of drug-likeness (QED) is 0.261. The van der Waals surface area contributed by atoms with Gasteiger partial charge in [-0.3, -0.25) is 24.5 Å². The summed E-state index contributed by atoms with van der Waals surface area (Å²) in [4.78, 5) is 50.3. The molecule has 0 aromatic heterocycles. The Morgan fingerprint density at radius 1 is 1.14 bits per heavy atom. The molecule has 2 aromatic rings. The van der Waals surface area contributed by atoms with Crippen LogP contribution in [0.4, 0.5) is 34.6 Å². The Morgan fingerprint density at radius 2 is 1.83 bits per heavy atom. The van der Waals surface area contributed by atoms with Gasteiger partial charge in [-0.25, -0.2) is 13.2 Å². The fourth-order valence-corrected chi connectivity index (χ4v) is 3.71. The van der Waals surface area contributed by atoms with Gasteiger partial charge in [-0.2, -0.15) is 4.39 Å². The number of hydrogen-bond acceptors (Lipinski definition) is 5. The number of amides is 3. The minimum absolute atomic E-state index is 0.0481. The molecule has 13 heteroatoms.